The van der Waals surface area contributed by atoms with Gasteiger partial charge in [0.2, 0.25) is 0 Å². The van der Waals surface area contributed by atoms with E-state index in [4.69, 9.17) is 4.74 Å². The Balaban J connectivity index is 1.51. The van der Waals surface area contributed by atoms with Crippen LogP contribution in [-0.2, 0) is 4.74 Å². The molecular formula is C21H18N2O3. The summed E-state index contributed by atoms with van der Waals surface area (Å²) < 4.78 is 5.44. The third-order valence-electron chi connectivity index (χ3n) is 4.58. The predicted octanol–water partition coefficient (Wildman–Crippen LogP) is 4.46. The number of hydrogen-bond acceptors (Lipinski definition) is 4. The molecule has 26 heavy (non-hydrogen) atoms. The van der Waals surface area contributed by atoms with Gasteiger partial charge in [-0.15, -0.1) is 0 Å². The Kier molecular flexibility index (Phi) is 4.05. The van der Waals surface area contributed by atoms with Crippen LogP contribution in [0, 0.1) is 6.92 Å². The van der Waals surface area contributed by atoms with Crippen molar-refractivity contribution < 1.29 is 14.6 Å². The van der Waals surface area contributed by atoms with E-state index in [1.165, 1.54) is 17.2 Å². The molecule has 0 spiro atoms. The first-order chi connectivity index (χ1) is 12.6. The third kappa shape index (κ3) is 2.88. The van der Waals surface area contributed by atoms with Crippen molar-refractivity contribution in [2.45, 2.75) is 12.8 Å². The van der Waals surface area contributed by atoms with Gasteiger partial charge in [0.25, 0.3) is 0 Å². The molecule has 0 bridgehead atoms. The number of amides is 1. The minimum absolute atomic E-state index is 0.00721. The first-order valence-corrected chi connectivity index (χ1v) is 8.42. The highest BCUT2D eigenvalue weighted by Gasteiger charge is 2.29. The van der Waals surface area contributed by atoms with Gasteiger partial charge in [0, 0.05) is 11.6 Å². The molecule has 130 valence electrons. The molecule has 1 aromatic heterocycles. The number of nitrogens with zero attached hydrogens (tertiary/aromatic N) is 1. The molecule has 0 saturated heterocycles. The zero-order chi connectivity index (χ0) is 18.1. The maximum atomic E-state index is 12.2. The summed E-state index contributed by atoms with van der Waals surface area (Å²) in [6.45, 7) is 1.99. The van der Waals surface area contributed by atoms with Crippen LogP contribution in [0.15, 0.2) is 60.7 Å². The zero-order valence-electron chi connectivity index (χ0n) is 14.3. The summed E-state index contributed by atoms with van der Waals surface area (Å²) >= 11 is 0. The van der Waals surface area contributed by atoms with Gasteiger partial charge in [-0.05, 0) is 41.3 Å². The number of carbonyl (C=O) groups excluding carboxylic acids is 1. The van der Waals surface area contributed by atoms with E-state index in [-0.39, 0.29) is 24.1 Å². The minimum atomic E-state index is -0.639. The van der Waals surface area contributed by atoms with Crippen molar-refractivity contribution in [2.75, 3.05) is 11.9 Å². The number of carbonyl (C=O) groups is 1. The van der Waals surface area contributed by atoms with Gasteiger partial charge in [-0.25, -0.2) is 9.78 Å². The highest BCUT2D eigenvalue weighted by Crippen LogP contribution is 2.44. The van der Waals surface area contributed by atoms with E-state index >= 15 is 0 Å². The minimum Gasteiger partial charge on any atom is -0.504 e. The van der Waals surface area contributed by atoms with Crippen molar-refractivity contribution >= 4 is 11.9 Å². The zero-order valence-corrected chi connectivity index (χ0v) is 14.3. The van der Waals surface area contributed by atoms with Crippen molar-refractivity contribution in [1.82, 2.24) is 4.98 Å². The number of fused-ring (bicyclic) bond motifs is 3. The van der Waals surface area contributed by atoms with E-state index < -0.39 is 6.09 Å². The maximum absolute atomic E-state index is 12.2. The van der Waals surface area contributed by atoms with Crippen LogP contribution in [0.5, 0.6) is 5.75 Å². The van der Waals surface area contributed by atoms with Gasteiger partial charge < -0.3 is 9.84 Å². The summed E-state index contributed by atoms with van der Waals surface area (Å²) in [5.41, 5.74) is 5.35. The van der Waals surface area contributed by atoms with E-state index in [1.54, 1.807) is 13.0 Å². The molecule has 0 atom stereocenters. The molecule has 0 radical (unpaired) electrons. The molecule has 0 unspecified atom stereocenters. The van der Waals surface area contributed by atoms with E-state index in [2.05, 4.69) is 34.6 Å². The number of nitrogens with one attached hydrogen (secondary N) is 1. The lowest BCUT2D eigenvalue weighted by Crippen LogP contribution is -2.18. The van der Waals surface area contributed by atoms with Crippen LogP contribution in [-0.4, -0.2) is 22.8 Å². The van der Waals surface area contributed by atoms with Crippen molar-refractivity contribution in [2.24, 2.45) is 0 Å². The number of aromatic nitrogens is 1. The quantitative estimate of drug-likeness (QED) is 0.735. The number of aryl methyl sites for hydroxylation is 1. The van der Waals surface area contributed by atoms with Gasteiger partial charge in [0.05, 0.1) is 0 Å². The molecule has 1 aliphatic carbocycles. The summed E-state index contributed by atoms with van der Waals surface area (Å²) in [7, 11) is 0. The van der Waals surface area contributed by atoms with Gasteiger partial charge in [-0.2, -0.15) is 0 Å². The fourth-order valence-electron chi connectivity index (χ4n) is 3.37. The Morgan fingerprint density at radius 2 is 1.65 bits per heavy atom. The Labute approximate surface area is 151 Å². The predicted molar refractivity (Wildman–Crippen MR) is 99.3 cm³/mol. The highest BCUT2D eigenvalue weighted by molar-refractivity contribution is 5.85. The van der Waals surface area contributed by atoms with Crippen molar-refractivity contribution in [3.63, 3.8) is 0 Å². The van der Waals surface area contributed by atoms with Gasteiger partial charge in [-0.3, -0.25) is 5.32 Å². The SMILES string of the molecule is Cc1ccc(O)c(NC(=O)OCC2c3ccccc3-c3ccccc32)n1. The van der Waals surface area contributed by atoms with Crippen LogP contribution < -0.4 is 5.32 Å². The summed E-state index contributed by atoms with van der Waals surface area (Å²) in [5, 5.41) is 12.3. The monoisotopic (exact) mass is 346 g/mol. The average molecular weight is 346 g/mol. The first-order valence-electron chi connectivity index (χ1n) is 8.42. The molecule has 5 heteroatoms. The molecule has 1 aliphatic rings. The Morgan fingerprint density at radius 1 is 1.04 bits per heavy atom. The number of pyridine rings is 1. The molecule has 4 rings (SSSR count). The molecule has 1 heterocycles. The van der Waals surface area contributed by atoms with Gasteiger partial charge in [-0.1, -0.05) is 48.5 Å². The van der Waals surface area contributed by atoms with E-state index in [0.717, 1.165) is 11.1 Å². The lowest BCUT2D eigenvalue weighted by molar-refractivity contribution is 0.158. The normalized spacial score (nSPS) is 12.3. The lowest BCUT2D eigenvalue weighted by atomic mass is 9.98. The summed E-state index contributed by atoms with van der Waals surface area (Å²) in [6.07, 6.45) is -0.639. The number of hydrogen-bond donors (Lipinski definition) is 2. The van der Waals surface area contributed by atoms with Crippen molar-refractivity contribution in [3.05, 3.63) is 77.5 Å². The smallest absolute Gasteiger partial charge is 0.412 e. The number of rotatable bonds is 3. The van der Waals surface area contributed by atoms with Crippen LogP contribution in [0.1, 0.15) is 22.7 Å². The van der Waals surface area contributed by atoms with Gasteiger partial charge >= 0.3 is 6.09 Å². The average Bonchev–Trinajstić information content (AvgIpc) is 2.97. The Morgan fingerprint density at radius 3 is 2.31 bits per heavy atom. The van der Waals surface area contributed by atoms with Gasteiger partial charge in [0.15, 0.2) is 11.6 Å². The molecule has 1 amide bonds. The second kappa shape index (κ2) is 6.52. The molecule has 5 nitrogen and oxygen atoms in total. The number of aromatic hydroxyl groups is 1. The number of anilines is 1. The first kappa shape index (κ1) is 16.1. The fraction of sp³-hybridized carbons (Fsp3) is 0.143. The molecular weight excluding hydrogens is 328 g/mol. The van der Waals surface area contributed by atoms with Crippen LogP contribution >= 0.6 is 0 Å². The summed E-state index contributed by atoms with van der Waals surface area (Å²) in [4.78, 5) is 16.3. The Bertz CT molecular complexity index is 939. The van der Waals surface area contributed by atoms with Crippen LogP contribution in [0.4, 0.5) is 10.6 Å². The second-order valence-electron chi connectivity index (χ2n) is 6.27. The second-order valence-corrected chi connectivity index (χ2v) is 6.27. The van der Waals surface area contributed by atoms with E-state index in [9.17, 15) is 9.90 Å². The molecule has 0 saturated carbocycles. The lowest BCUT2D eigenvalue weighted by Gasteiger charge is -2.14. The van der Waals surface area contributed by atoms with Crippen LogP contribution in [0.2, 0.25) is 0 Å². The van der Waals surface area contributed by atoms with Crippen molar-refractivity contribution in [1.29, 1.82) is 0 Å². The van der Waals surface area contributed by atoms with Crippen molar-refractivity contribution in [3.8, 4) is 16.9 Å². The molecule has 3 aromatic rings. The molecule has 0 aliphatic heterocycles. The summed E-state index contributed by atoms with van der Waals surface area (Å²) in [5.74, 6) is -0.00135. The largest absolute Gasteiger partial charge is 0.504 e. The molecule has 2 aromatic carbocycles. The summed E-state index contributed by atoms with van der Waals surface area (Å²) in [6, 6.07) is 19.5. The van der Waals surface area contributed by atoms with Gasteiger partial charge in [0.1, 0.15) is 6.61 Å². The highest BCUT2D eigenvalue weighted by atomic mass is 16.5. The number of ether oxygens (including phenoxy) is 1. The number of benzene rings is 2. The van der Waals surface area contributed by atoms with E-state index in [1.807, 2.05) is 24.3 Å². The Hall–Kier alpha value is -3.34. The van der Waals surface area contributed by atoms with Crippen LogP contribution in [0.3, 0.4) is 0 Å². The van der Waals surface area contributed by atoms with Crippen LogP contribution in [0.25, 0.3) is 11.1 Å². The maximum Gasteiger partial charge on any atom is 0.412 e. The molecule has 0 fully saturated rings. The standard InChI is InChI=1S/C21H18N2O3/c1-13-10-11-19(24)20(22-13)23-21(25)26-12-18-16-8-4-2-6-14(16)15-7-3-5-9-17(15)18/h2-11,18,24H,12H2,1H3,(H,22,23,25). The molecule has 2 N–H and O–H groups in total. The topological polar surface area (TPSA) is 71.5 Å². The van der Waals surface area contributed by atoms with E-state index in [0.29, 0.717) is 5.69 Å². The third-order valence-corrected chi connectivity index (χ3v) is 4.58. The fourth-order valence-corrected chi connectivity index (χ4v) is 3.37.